The summed E-state index contributed by atoms with van der Waals surface area (Å²) >= 11 is 0. The quantitative estimate of drug-likeness (QED) is 0.943. The molecule has 21 heavy (non-hydrogen) atoms. The van der Waals surface area contributed by atoms with Crippen LogP contribution in [0.2, 0.25) is 0 Å². The molecule has 0 fully saturated rings. The van der Waals surface area contributed by atoms with E-state index in [1.165, 1.54) is 6.07 Å². The van der Waals surface area contributed by atoms with Crippen molar-refractivity contribution in [3.05, 3.63) is 41.7 Å². The molecule has 1 atom stereocenters. The summed E-state index contributed by atoms with van der Waals surface area (Å²) in [5, 5.41) is 7.36. The Bertz CT molecular complexity index is 651. The number of ether oxygens (including phenoxy) is 1. The van der Waals surface area contributed by atoms with Crippen LogP contribution in [0.25, 0.3) is 0 Å². The minimum atomic E-state index is -4.35. The molecule has 0 saturated heterocycles. The highest BCUT2D eigenvalue weighted by Crippen LogP contribution is 2.39. The normalized spacial score (nSPS) is 17.4. The molecular weight excluding hydrogens is 283 g/mol. The standard InChI is InChI=1S/C14H14F3N3O/c1-2-20-7-10(6-18-20)19-12-8-21-13-5-9(14(15,16)17)3-4-11(12)13/h3-7,12,19H,2,8H2,1H3/t12-/m1/s1. The number of hydrogen-bond acceptors (Lipinski definition) is 3. The third-order valence-electron chi connectivity index (χ3n) is 3.42. The van der Waals surface area contributed by atoms with Crippen LogP contribution in [0.5, 0.6) is 5.75 Å². The van der Waals surface area contributed by atoms with Gasteiger partial charge in [0.05, 0.1) is 23.5 Å². The third-order valence-corrected chi connectivity index (χ3v) is 3.42. The molecule has 0 bridgehead atoms. The molecule has 0 aliphatic carbocycles. The first-order valence-corrected chi connectivity index (χ1v) is 6.60. The molecule has 2 aromatic rings. The van der Waals surface area contributed by atoms with Gasteiger partial charge in [0.15, 0.2) is 0 Å². The van der Waals surface area contributed by atoms with Gasteiger partial charge >= 0.3 is 6.18 Å². The molecule has 1 N–H and O–H groups in total. The molecule has 3 rings (SSSR count). The molecule has 4 nitrogen and oxygen atoms in total. The van der Waals surface area contributed by atoms with Crippen LogP contribution in [-0.2, 0) is 12.7 Å². The fraction of sp³-hybridized carbons (Fsp3) is 0.357. The lowest BCUT2D eigenvalue weighted by Gasteiger charge is -2.12. The van der Waals surface area contributed by atoms with Crippen molar-refractivity contribution in [1.29, 1.82) is 0 Å². The lowest BCUT2D eigenvalue weighted by molar-refractivity contribution is -0.137. The molecular formula is C14H14F3N3O. The average Bonchev–Trinajstić information content (AvgIpc) is 3.05. The highest BCUT2D eigenvalue weighted by Gasteiger charge is 2.33. The molecule has 0 amide bonds. The average molecular weight is 297 g/mol. The first kappa shape index (κ1) is 13.8. The van der Waals surface area contributed by atoms with Crippen molar-refractivity contribution in [2.24, 2.45) is 0 Å². The summed E-state index contributed by atoms with van der Waals surface area (Å²) in [5.41, 5.74) is 0.853. The Balaban J connectivity index is 1.80. The second-order valence-corrected chi connectivity index (χ2v) is 4.84. The summed E-state index contributed by atoms with van der Waals surface area (Å²) < 4.78 is 45.1. The number of halogens is 3. The Kier molecular flexibility index (Phi) is 3.27. The number of aryl methyl sites for hydroxylation is 1. The number of alkyl halides is 3. The van der Waals surface area contributed by atoms with Gasteiger partial charge in [-0.15, -0.1) is 0 Å². The molecule has 2 heterocycles. The van der Waals surface area contributed by atoms with E-state index in [4.69, 9.17) is 4.74 Å². The summed E-state index contributed by atoms with van der Waals surface area (Å²) in [4.78, 5) is 0. The van der Waals surface area contributed by atoms with E-state index >= 15 is 0 Å². The van der Waals surface area contributed by atoms with E-state index in [9.17, 15) is 13.2 Å². The zero-order valence-electron chi connectivity index (χ0n) is 11.3. The molecule has 1 aromatic carbocycles. The second-order valence-electron chi connectivity index (χ2n) is 4.84. The largest absolute Gasteiger partial charge is 0.491 e. The summed E-state index contributed by atoms with van der Waals surface area (Å²) in [6, 6.07) is 3.42. The van der Waals surface area contributed by atoms with E-state index < -0.39 is 11.7 Å². The fourth-order valence-electron chi connectivity index (χ4n) is 2.32. The van der Waals surface area contributed by atoms with Crippen LogP contribution in [-0.4, -0.2) is 16.4 Å². The number of benzene rings is 1. The Hall–Kier alpha value is -2.18. The maximum atomic E-state index is 12.7. The number of aromatic nitrogens is 2. The maximum absolute atomic E-state index is 12.7. The monoisotopic (exact) mass is 297 g/mol. The topological polar surface area (TPSA) is 39.1 Å². The SMILES string of the molecule is CCn1cc(N[C@@H]2COc3cc(C(F)(F)F)ccc32)cn1. The van der Waals surface area contributed by atoms with E-state index in [1.807, 2.05) is 13.1 Å². The molecule has 0 spiro atoms. The minimum Gasteiger partial charge on any atom is -0.491 e. The number of hydrogen-bond donors (Lipinski definition) is 1. The number of rotatable bonds is 3. The molecule has 0 unspecified atom stereocenters. The van der Waals surface area contributed by atoms with Crippen molar-refractivity contribution >= 4 is 5.69 Å². The predicted octanol–water partition coefficient (Wildman–Crippen LogP) is 3.47. The smallest absolute Gasteiger partial charge is 0.416 e. The number of nitrogens with one attached hydrogen (secondary N) is 1. The van der Waals surface area contributed by atoms with Crippen LogP contribution in [0, 0.1) is 0 Å². The molecule has 7 heteroatoms. The third kappa shape index (κ3) is 2.68. The number of anilines is 1. The summed E-state index contributed by atoms with van der Waals surface area (Å²) in [6.45, 7) is 3.03. The van der Waals surface area contributed by atoms with Gasteiger partial charge in [0.25, 0.3) is 0 Å². The Labute approximate surface area is 119 Å². The number of fused-ring (bicyclic) bond motifs is 1. The summed E-state index contributed by atoms with van der Waals surface area (Å²) in [7, 11) is 0. The van der Waals surface area contributed by atoms with Crippen LogP contribution < -0.4 is 10.1 Å². The van der Waals surface area contributed by atoms with Crippen LogP contribution in [0.15, 0.2) is 30.6 Å². The van der Waals surface area contributed by atoms with Gasteiger partial charge in [-0.3, -0.25) is 4.68 Å². The van der Waals surface area contributed by atoms with Gasteiger partial charge < -0.3 is 10.1 Å². The predicted molar refractivity (Wildman–Crippen MR) is 71.2 cm³/mol. The van der Waals surface area contributed by atoms with Crippen LogP contribution >= 0.6 is 0 Å². The van der Waals surface area contributed by atoms with Crippen LogP contribution in [0.3, 0.4) is 0 Å². The van der Waals surface area contributed by atoms with E-state index in [1.54, 1.807) is 10.9 Å². The van der Waals surface area contributed by atoms with E-state index in [-0.39, 0.29) is 11.8 Å². The molecule has 1 aromatic heterocycles. The minimum absolute atomic E-state index is 0.170. The molecule has 112 valence electrons. The van der Waals surface area contributed by atoms with Gasteiger partial charge in [0.1, 0.15) is 12.4 Å². The number of nitrogens with zero attached hydrogens (tertiary/aromatic N) is 2. The molecule has 0 radical (unpaired) electrons. The summed E-state index contributed by atoms with van der Waals surface area (Å²) in [5.74, 6) is 0.283. The van der Waals surface area contributed by atoms with E-state index in [2.05, 4.69) is 10.4 Å². The lowest BCUT2D eigenvalue weighted by Crippen LogP contribution is -2.11. The zero-order valence-corrected chi connectivity index (χ0v) is 11.3. The van der Waals surface area contributed by atoms with Crippen LogP contribution in [0.4, 0.5) is 18.9 Å². The van der Waals surface area contributed by atoms with Gasteiger partial charge in [-0.1, -0.05) is 6.07 Å². The lowest BCUT2D eigenvalue weighted by atomic mass is 10.1. The van der Waals surface area contributed by atoms with Crippen molar-refractivity contribution < 1.29 is 17.9 Å². The molecule has 1 aliphatic rings. The Morgan fingerprint density at radius 1 is 1.43 bits per heavy atom. The fourth-order valence-corrected chi connectivity index (χ4v) is 2.32. The first-order chi connectivity index (χ1) is 9.97. The van der Waals surface area contributed by atoms with Gasteiger partial charge in [-0.25, -0.2) is 0 Å². The van der Waals surface area contributed by atoms with Crippen molar-refractivity contribution in [3.63, 3.8) is 0 Å². The van der Waals surface area contributed by atoms with Crippen molar-refractivity contribution in [2.45, 2.75) is 25.7 Å². The van der Waals surface area contributed by atoms with Gasteiger partial charge in [0, 0.05) is 18.3 Å². The highest BCUT2D eigenvalue weighted by atomic mass is 19.4. The first-order valence-electron chi connectivity index (χ1n) is 6.60. The van der Waals surface area contributed by atoms with Crippen molar-refractivity contribution in [1.82, 2.24) is 9.78 Å². The van der Waals surface area contributed by atoms with Crippen molar-refractivity contribution in [2.75, 3.05) is 11.9 Å². The van der Waals surface area contributed by atoms with Gasteiger partial charge in [-0.05, 0) is 19.1 Å². The second kappa shape index (κ2) is 4.98. The van der Waals surface area contributed by atoms with Gasteiger partial charge in [0.2, 0.25) is 0 Å². The van der Waals surface area contributed by atoms with Crippen molar-refractivity contribution in [3.8, 4) is 5.75 Å². The zero-order chi connectivity index (χ0) is 15.0. The van der Waals surface area contributed by atoms with E-state index in [0.29, 0.717) is 6.61 Å². The van der Waals surface area contributed by atoms with E-state index in [0.717, 1.165) is 29.9 Å². The Morgan fingerprint density at radius 3 is 2.90 bits per heavy atom. The van der Waals surface area contributed by atoms with Gasteiger partial charge in [-0.2, -0.15) is 18.3 Å². The summed E-state index contributed by atoms with van der Waals surface area (Å²) in [6.07, 6.45) is -0.820. The molecule has 1 aliphatic heterocycles. The van der Waals surface area contributed by atoms with Crippen LogP contribution in [0.1, 0.15) is 24.1 Å². The maximum Gasteiger partial charge on any atom is 0.416 e. The highest BCUT2D eigenvalue weighted by molar-refractivity contribution is 5.49. The Morgan fingerprint density at radius 2 is 2.24 bits per heavy atom. The molecule has 0 saturated carbocycles.